The highest BCUT2D eigenvalue weighted by atomic mass is 16.8. The van der Waals surface area contributed by atoms with Gasteiger partial charge in [0.25, 0.3) is 0 Å². The van der Waals surface area contributed by atoms with Gasteiger partial charge in [0.15, 0.2) is 24.7 Å². The van der Waals surface area contributed by atoms with E-state index >= 15 is 0 Å². The third-order valence-electron chi connectivity index (χ3n) is 17.0. The Hall–Kier alpha value is -0.940. The zero-order valence-corrected chi connectivity index (χ0v) is 36.3. The second-order valence-corrected chi connectivity index (χ2v) is 20.6. The van der Waals surface area contributed by atoms with Gasteiger partial charge >= 0.3 is 0 Å². The van der Waals surface area contributed by atoms with Crippen LogP contribution in [0, 0.1) is 46.3 Å². The standard InChI is InChI=1S/C44H72O17/c1-18(16-55-39-36(52)34(50)31(47)20(3)57-39)9-12-44(54)19(2)30-28(61-44)15-26-24-8-7-22-13-23(45)14-29(43(22,6)25(24)10-11-42(26,30)5)59-41-38(33(49)27(46)17-56-41)60-40-37(53)35(51)32(48)21(4)58-40/h7,18-21,23-41,45-54H,8-17H2,1-6H3/t18-,19+,20+,21+,23-,24-,25+,26+,27-,28+,29-,30+,31+,32+,33+,34-,35-,36-,37-,38-,39-,40+,41+,42+,43+,44+/m1/s1. The van der Waals surface area contributed by atoms with Gasteiger partial charge in [-0.05, 0) is 87.4 Å². The lowest BCUT2D eigenvalue weighted by Gasteiger charge is -2.60. The van der Waals surface area contributed by atoms with Crippen LogP contribution in [-0.2, 0) is 33.2 Å². The van der Waals surface area contributed by atoms with E-state index in [-0.39, 0.29) is 54.3 Å². The average molecular weight is 873 g/mol. The normalized spacial score (nSPS) is 56.4. The molecule has 0 spiro atoms. The quantitative estimate of drug-likeness (QED) is 0.128. The fraction of sp³-hybridized carbons (Fsp3) is 0.955. The van der Waals surface area contributed by atoms with Crippen molar-refractivity contribution in [2.24, 2.45) is 46.3 Å². The van der Waals surface area contributed by atoms with Crippen molar-refractivity contribution in [3.63, 3.8) is 0 Å². The largest absolute Gasteiger partial charge is 0.393 e. The van der Waals surface area contributed by atoms with Crippen molar-refractivity contribution in [1.82, 2.24) is 0 Å². The molecule has 17 heteroatoms. The number of aliphatic hydroxyl groups excluding tert-OH is 9. The van der Waals surface area contributed by atoms with Crippen LogP contribution in [0.15, 0.2) is 11.6 Å². The van der Waals surface area contributed by atoms with Crippen molar-refractivity contribution in [3.8, 4) is 0 Å². The lowest BCUT2D eigenvalue weighted by atomic mass is 9.46. The summed E-state index contributed by atoms with van der Waals surface area (Å²) in [6, 6.07) is 0. The molecule has 8 rings (SSSR count). The van der Waals surface area contributed by atoms with Crippen LogP contribution in [0.1, 0.15) is 92.9 Å². The van der Waals surface area contributed by atoms with Crippen LogP contribution >= 0.6 is 0 Å². The van der Waals surface area contributed by atoms with Gasteiger partial charge in [0.1, 0.15) is 54.9 Å². The van der Waals surface area contributed by atoms with Gasteiger partial charge in [-0.2, -0.15) is 0 Å². The highest BCUT2D eigenvalue weighted by molar-refractivity contribution is 5.28. The molecule has 0 unspecified atom stereocenters. The maximum atomic E-state index is 12.1. The maximum absolute atomic E-state index is 12.1. The highest BCUT2D eigenvalue weighted by Gasteiger charge is 2.69. The van der Waals surface area contributed by atoms with Gasteiger partial charge < -0.3 is 84.2 Å². The predicted molar refractivity (Wildman–Crippen MR) is 212 cm³/mol. The molecule has 3 saturated carbocycles. The molecule has 0 aromatic heterocycles. The smallest absolute Gasteiger partial charge is 0.187 e. The predicted octanol–water partition coefficient (Wildman–Crippen LogP) is -0.194. The van der Waals surface area contributed by atoms with Crippen molar-refractivity contribution in [2.45, 2.75) is 203 Å². The average Bonchev–Trinajstić information content (AvgIpc) is 3.66. The number of aliphatic hydroxyl groups is 10. The fourth-order valence-electron chi connectivity index (χ4n) is 13.3. The Bertz CT molecular complexity index is 1570. The maximum Gasteiger partial charge on any atom is 0.187 e. The summed E-state index contributed by atoms with van der Waals surface area (Å²) in [4.78, 5) is 0. The minimum absolute atomic E-state index is 0.0192. The summed E-state index contributed by atoms with van der Waals surface area (Å²) in [5.74, 6) is -0.592. The summed E-state index contributed by atoms with van der Waals surface area (Å²) in [7, 11) is 0. The monoisotopic (exact) mass is 872 g/mol. The number of rotatable bonds is 10. The van der Waals surface area contributed by atoms with Crippen LogP contribution in [0.5, 0.6) is 0 Å². The first kappa shape index (κ1) is 46.6. The van der Waals surface area contributed by atoms with Crippen LogP contribution in [0.25, 0.3) is 0 Å². The lowest BCUT2D eigenvalue weighted by Crippen LogP contribution is -2.63. The first-order chi connectivity index (χ1) is 28.7. The van der Waals surface area contributed by atoms with E-state index in [1.807, 2.05) is 6.92 Å². The molecule has 4 aliphatic heterocycles. The van der Waals surface area contributed by atoms with Crippen LogP contribution in [-0.4, -0.2) is 174 Å². The molecule has 61 heavy (non-hydrogen) atoms. The Labute approximate surface area is 357 Å². The van der Waals surface area contributed by atoms with Crippen LogP contribution in [0.2, 0.25) is 0 Å². The fourth-order valence-corrected chi connectivity index (χ4v) is 13.3. The van der Waals surface area contributed by atoms with Gasteiger partial charge in [-0.25, -0.2) is 0 Å². The molecule has 0 bridgehead atoms. The second-order valence-electron chi connectivity index (χ2n) is 20.6. The molecule has 7 fully saturated rings. The van der Waals surface area contributed by atoms with Crippen molar-refractivity contribution in [1.29, 1.82) is 0 Å². The van der Waals surface area contributed by atoms with Gasteiger partial charge in [0.2, 0.25) is 0 Å². The number of ether oxygens (including phenoxy) is 7. The molecule has 4 heterocycles. The Morgan fingerprint density at radius 2 is 1.44 bits per heavy atom. The van der Waals surface area contributed by atoms with Crippen LogP contribution in [0.4, 0.5) is 0 Å². The molecule has 4 aliphatic carbocycles. The van der Waals surface area contributed by atoms with Crippen LogP contribution in [0.3, 0.4) is 0 Å². The van der Waals surface area contributed by atoms with Gasteiger partial charge in [0.05, 0.1) is 43.7 Å². The Balaban J connectivity index is 0.940. The summed E-state index contributed by atoms with van der Waals surface area (Å²) >= 11 is 0. The minimum Gasteiger partial charge on any atom is -0.393 e. The summed E-state index contributed by atoms with van der Waals surface area (Å²) < 4.78 is 42.6. The zero-order valence-electron chi connectivity index (χ0n) is 36.3. The van der Waals surface area contributed by atoms with Crippen LogP contribution < -0.4 is 0 Å². The SMILES string of the molecule is C[C@H](CC[C@]1(O)O[C@H]2C[C@H]3[C@@H]4CC=C5C[C@@H](O)C[C@@H](O[C@@H]6OC[C@@H](O)[C@H](O)[C@H]6O[C@@H]6O[C@@H](C)[C@H](O)[C@@H](O)[C@H]6O)[C@]5(C)[C@H]4CC[C@]3(C)[C@H]2[C@@H]1C)CO[C@@H]1O[C@@H](C)[C@H](O)[C@@H](O)[C@H]1O. The third kappa shape index (κ3) is 8.00. The Morgan fingerprint density at radius 3 is 2.13 bits per heavy atom. The van der Waals surface area contributed by atoms with E-state index in [4.69, 9.17) is 33.2 Å². The van der Waals surface area contributed by atoms with Crippen molar-refractivity contribution in [2.75, 3.05) is 13.2 Å². The van der Waals surface area contributed by atoms with E-state index in [1.165, 1.54) is 6.92 Å². The van der Waals surface area contributed by atoms with E-state index in [0.29, 0.717) is 31.6 Å². The number of hydrogen-bond acceptors (Lipinski definition) is 17. The number of hydrogen-bond donors (Lipinski definition) is 10. The lowest BCUT2D eigenvalue weighted by molar-refractivity contribution is -0.362. The molecule has 17 nitrogen and oxygen atoms in total. The molecule has 8 aliphatic rings. The summed E-state index contributed by atoms with van der Waals surface area (Å²) in [6.45, 7) is 11.8. The molecule has 350 valence electrons. The molecule has 26 atom stereocenters. The molecule has 0 aromatic carbocycles. The summed E-state index contributed by atoms with van der Waals surface area (Å²) in [5.41, 5.74) is 0.496. The molecule has 0 amide bonds. The van der Waals surface area contributed by atoms with Crippen molar-refractivity contribution in [3.05, 3.63) is 11.6 Å². The Morgan fingerprint density at radius 1 is 0.787 bits per heavy atom. The first-order valence-corrected chi connectivity index (χ1v) is 22.8. The van der Waals surface area contributed by atoms with Crippen molar-refractivity contribution >= 4 is 0 Å². The number of allylic oxidation sites excluding steroid dienone is 1. The topological polar surface area (TPSA) is 267 Å². The summed E-state index contributed by atoms with van der Waals surface area (Å²) in [5, 5.41) is 107. The molecule has 0 aromatic rings. The Kier molecular flexibility index (Phi) is 13.3. The summed E-state index contributed by atoms with van der Waals surface area (Å²) in [6.07, 6.45) is -11.9. The second kappa shape index (κ2) is 17.4. The highest BCUT2D eigenvalue weighted by Crippen LogP contribution is 2.70. The number of fused-ring (bicyclic) bond motifs is 7. The van der Waals surface area contributed by atoms with Gasteiger partial charge in [-0.15, -0.1) is 0 Å². The van der Waals surface area contributed by atoms with Gasteiger partial charge in [0, 0.05) is 24.2 Å². The van der Waals surface area contributed by atoms with Gasteiger partial charge in [-0.1, -0.05) is 39.3 Å². The van der Waals surface area contributed by atoms with E-state index in [0.717, 1.165) is 31.3 Å². The van der Waals surface area contributed by atoms with Gasteiger partial charge in [-0.3, -0.25) is 0 Å². The van der Waals surface area contributed by atoms with E-state index in [9.17, 15) is 51.1 Å². The van der Waals surface area contributed by atoms with Crippen molar-refractivity contribution < 1.29 is 84.2 Å². The van der Waals surface area contributed by atoms with E-state index in [1.54, 1.807) is 6.92 Å². The molecule has 0 radical (unpaired) electrons. The molecule has 10 N–H and O–H groups in total. The van der Waals surface area contributed by atoms with E-state index < -0.39 is 109 Å². The molecule has 4 saturated heterocycles. The molecular weight excluding hydrogens is 800 g/mol. The van der Waals surface area contributed by atoms with E-state index in [2.05, 4.69) is 26.8 Å². The molecular formula is C44H72O17. The minimum atomic E-state index is -1.65. The third-order valence-corrected chi connectivity index (χ3v) is 17.0. The first-order valence-electron chi connectivity index (χ1n) is 22.8. The zero-order chi connectivity index (χ0) is 44.1.